The summed E-state index contributed by atoms with van der Waals surface area (Å²) in [5.74, 6) is 0.398. The van der Waals surface area contributed by atoms with E-state index in [9.17, 15) is 8.42 Å². The second kappa shape index (κ2) is 9.06. The first-order valence-corrected chi connectivity index (χ1v) is 9.85. The minimum atomic E-state index is -3.62. The second-order valence-electron chi connectivity index (χ2n) is 5.46. The molecule has 2 aromatic rings. The van der Waals surface area contributed by atoms with Crippen LogP contribution in [-0.4, -0.2) is 15.0 Å². The third kappa shape index (κ3) is 5.51. The Hall–Kier alpha value is -1.56. The summed E-state index contributed by atoms with van der Waals surface area (Å²) < 4.78 is 33.1. The molecule has 6 heteroatoms. The second-order valence-corrected chi connectivity index (χ2v) is 7.63. The van der Waals surface area contributed by atoms with Crippen molar-refractivity contribution in [2.75, 3.05) is 6.61 Å². The normalized spacial score (nSPS) is 11.4. The number of nitrogens with one attached hydrogen (secondary N) is 1. The summed E-state index contributed by atoms with van der Waals surface area (Å²) in [6, 6.07) is 13.9. The summed E-state index contributed by atoms with van der Waals surface area (Å²) >= 11 is 6.09. The summed E-state index contributed by atoms with van der Waals surface area (Å²) in [6.45, 7) is 2.87. The molecule has 0 spiro atoms. The Balaban J connectivity index is 2.06. The zero-order chi connectivity index (χ0) is 17.4. The van der Waals surface area contributed by atoms with Crippen molar-refractivity contribution in [3.63, 3.8) is 0 Å². The van der Waals surface area contributed by atoms with E-state index in [0.29, 0.717) is 17.4 Å². The molecule has 0 atom stereocenters. The lowest BCUT2D eigenvalue weighted by atomic mass is 10.2. The van der Waals surface area contributed by atoms with E-state index in [0.717, 1.165) is 24.8 Å². The monoisotopic (exact) mass is 367 g/mol. The van der Waals surface area contributed by atoms with Gasteiger partial charge in [0.05, 0.1) is 16.5 Å². The fraction of sp³-hybridized carbons (Fsp3) is 0.333. The molecule has 0 aromatic heterocycles. The lowest BCUT2D eigenvalue weighted by Crippen LogP contribution is -2.23. The number of benzene rings is 2. The average molecular weight is 368 g/mol. The molecule has 0 radical (unpaired) electrons. The van der Waals surface area contributed by atoms with Gasteiger partial charge in [0.25, 0.3) is 0 Å². The van der Waals surface area contributed by atoms with Gasteiger partial charge in [0.15, 0.2) is 0 Å². The highest BCUT2D eigenvalue weighted by Gasteiger charge is 2.16. The summed E-state index contributed by atoms with van der Waals surface area (Å²) in [5, 5.41) is 0.411. The van der Waals surface area contributed by atoms with Crippen LogP contribution in [0.1, 0.15) is 31.7 Å². The van der Waals surface area contributed by atoms with E-state index < -0.39 is 10.0 Å². The number of hydrogen-bond donors (Lipinski definition) is 1. The molecule has 0 saturated carbocycles. The zero-order valence-electron chi connectivity index (χ0n) is 13.7. The van der Waals surface area contributed by atoms with Gasteiger partial charge in [-0.15, -0.1) is 0 Å². The number of ether oxygens (including phenoxy) is 1. The van der Waals surface area contributed by atoms with Crippen LogP contribution in [0.25, 0.3) is 0 Å². The first-order valence-electron chi connectivity index (χ1n) is 7.99. The summed E-state index contributed by atoms with van der Waals surface area (Å²) in [6.07, 6.45) is 3.07. The van der Waals surface area contributed by atoms with E-state index in [1.807, 2.05) is 30.3 Å². The highest BCUT2D eigenvalue weighted by atomic mass is 35.5. The van der Waals surface area contributed by atoms with Crippen LogP contribution in [-0.2, 0) is 16.6 Å². The third-order valence-electron chi connectivity index (χ3n) is 3.53. The molecule has 4 nitrogen and oxygen atoms in total. The van der Waals surface area contributed by atoms with E-state index in [1.54, 1.807) is 6.07 Å². The van der Waals surface area contributed by atoms with Crippen LogP contribution in [0, 0.1) is 0 Å². The van der Waals surface area contributed by atoms with Crippen molar-refractivity contribution in [2.24, 2.45) is 0 Å². The summed E-state index contributed by atoms with van der Waals surface area (Å²) in [4.78, 5) is 0.147. The average Bonchev–Trinajstić information content (AvgIpc) is 2.59. The molecule has 130 valence electrons. The quantitative estimate of drug-likeness (QED) is 0.669. The van der Waals surface area contributed by atoms with Crippen molar-refractivity contribution in [3.8, 4) is 5.75 Å². The predicted octanol–water partition coefficient (Wildman–Crippen LogP) is 4.39. The molecule has 2 rings (SSSR count). The van der Waals surface area contributed by atoms with Crippen LogP contribution in [0.2, 0.25) is 5.02 Å². The SMILES string of the molecule is CCCCCOc1cc(S(=O)(=O)NCc2ccccc2)ccc1Cl. The van der Waals surface area contributed by atoms with E-state index in [4.69, 9.17) is 16.3 Å². The van der Waals surface area contributed by atoms with E-state index >= 15 is 0 Å². The smallest absolute Gasteiger partial charge is 0.241 e. The molecule has 1 N–H and O–H groups in total. The number of sulfonamides is 1. The molecule has 0 aliphatic heterocycles. The maximum atomic E-state index is 12.4. The Morgan fingerprint density at radius 2 is 1.83 bits per heavy atom. The van der Waals surface area contributed by atoms with E-state index in [-0.39, 0.29) is 11.4 Å². The minimum absolute atomic E-state index is 0.147. The van der Waals surface area contributed by atoms with Gasteiger partial charge in [0.1, 0.15) is 5.75 Å². The largest absolute Gasteiger partial charge is 0.492 e. The van der Waals surface area contributed by atoms with E-state index in [1.165, 1.54) is 12.1 Å². The van der Waals surface area contributed by atoms with Gasteiger partial charge in [0.2, 0.25) is 10.0 Å². The van der Waals surface area contributed by atoms with Crippen LogP contribution in [0.15, 0.2) is 53.4 Å². The molecule has 0 bridgehead atoms. The van der Waals surface area contributed by atoms with Crippen LogP contribution >= 0.6 is 11.6 Å². The lowest BCUT2D eigenvalue weighted by molar-refractivity contribution is 0.305. The minimum Gasteiger partial charge on any atom is -0.492 e. The lowest BCUT2D eigenvalue weighted by Gasteiger charge is -2.11. The molecule has 0 aliphatic rings. The van der Waals surface area contributed by atoms with Crippen molar-refractivity contribution < 1.29 is 13.2 Å². The van der Waals surface area contributed by atoms with Gasteiger partial charge >= 0.3 is 0 Å². The first-order chi connectivity index (χ1) is 11.5. The zero-order valence-corrected chi connectivity index (χ0v) is 15.2. The Morgan fingerprint density at radius 1 is 1.08 bits per heavy atom. The number of unbranched alkanes of at least 4 members (excludes halogenated alkanes) is 2. The Kier molecular flexibility index (Phi) is 7.09. The molecule has 0 aliphatic carbocycles. The fourth-order valence-electron chi connectivity index (χ4n) is 2.15. The molecule has 0 fully saturated rings. The van der Waals surface area contributed by atoms with Crippen LogP contribution in [0.4, 0.5) is 0 Å². The maximum Gasteiger partial charge on any atom is 0.241 e. The summed E-state index contributed by atoms with van der Waals surface area (Å²) in [7, 11) is -3.62. The maximum absolute atomic E-state index is 12.4. The van der Waals surface area contributed by atoms with Gasteiger partial charge < -0.3 is 4.74 Å². The van der Waals surface area contributed by atoms with Crippen molar-refractivity contribution in [3.05, 3.63) is 59.1 Å². The van der Waals surface area contributed by atoms with Gasteiger partial charge in [-0.3, -0.25) is 0 Å². The Morgan fingerprint density at radius 3 is 2.54 bits per heavy atom. The molecule has 0 saturated heterocycles. The van der Waals surface area contributed by atoms with Crippen molar-refractivity contribution in [2.45, 2.75) is 37.6 Å². The molecule has 2 aromatic carbocycles. The Labute approximate surface area is 148 Å². The first kappa shape index (κ1) is 18.8. The van der Waals surface area contributed by atoms with Crippen LogP contribution in [0.5, 0.6) is 5.75 Å². The standard InChI is InChI=1S/C18H22ClNO3S/c1-2-3-7-12-23-18-13-16(10-11-17(18)19)24(21,22)20-14-15-8-5-4-6-9-15/h4-6,8-11,13,20H,2-3,7,12,14H2,1H3. The van der Waals surface area contributed by atoms with E-state index in [2.05, 4.69) is 11.6 Å². The van der Waals surface area contributed by atoms with Gasteiger partial charge in [-0.05, 0) is 24.1 Å². The number of halogens is 1. The third-order valence-corrected chi connectivity index (χ3v) is 5.24. The molecule has 0 heterocycles. The van der Waals surface area contributed by atoms with Gasteiger partial charge in [-0.1, -0.05) is 61.7 Å². The van der Waals surface area contributed by atoms with Crippen molar-refractivity contribution >= 4 is 21.6 Å². The van der Waals surface area contributed by atoms with Crippen LogP contribution in [0.3, 0.4) is 0 Å². The van der Waals surface area contributed by atoms with Gasteiger partial charge in [-0.25, -0.2) is 13.1 Å². The number of rotatable bonds is 9. The topological polar surface area (TPSA) is 55.4 Å². The molecule has 0 unspecified atom stereocenters. The predicted molar refractivity (Wildman–Crippen MR) is 96.9 cm³/mol. The molecule has 24 heavy (non-hydrogen) atoms. The highest BCUT2D eigenvalue weighted by Crippen LogP contribution is 2.27. The van der Waals surface area contributed by atoms with Gasteiger partial charge in [-0.2, -0.15) is 0 Å². The number of hydrogen-bond acceptors (Lipinski definition) is 3. The fourth-order valence-corrected chi connectivity index (χ4v) is 3.36. The van der Waals surface area contributed by atoms with Crippen molar-refractivity contribution in [1.82, 2.24) is 4.72 Å². The van der Waals surface area contributed by atoms with Gasteiger partial charge in [0, 0.05) is 12.6 Å². The molecule has 0 amide bonds. The van der Waals surface area contributed by atoms with Crippen molar-refractivity contribution in [1.29, 1.82) is 0 Å². The Bertz CT molecular complexity index is 748. The van der Waals surface area contributed by atoms with Crippen LogP contribution < -0.4 is 9.46 Å². The summed E-state index contributed by atoms with van der Waals surface area (Å²) in [5.41, 5.74) is 0.895. The highest BCUT2D eigenvalue weighted by molar-refractivity contribution is 7.89. The molecular weight excluding hydrogens is 346 g/mol. The molecular formula is C18H22ClNO3S.